The summed E-state index contributed by atoms with van der Waals surface area (Å²) in [7, 11) is 0. The Balaban J connectivity index is 1.86. The zero-order valence-electron chi connectivity index (χ0n) is 17.3. The average molecular weight is 396 g/mol. The lowest BCUT2D eigenvalue weighted by molar-refractivity contribution is -0.384. The Kier molecular flexibility index (Phi) is 6.20. The molecular formula is C23H29N3O3. The van der Waals surface area contributed by atoms with Crippen molar-refractivity contribution in [3.63, 3.8) is 0 Å². The van der Waals surface area contributed by atoms with Crippen LogP contribution in [0.2, 0.25) is 0 Å². The van der Waals surface area contributed by atoms with E-state index in [1.165, 1.54) is 49.8 Å². The van der Waals surface area contributed by atoms with Crippen molar-refractivity contribution < 1.29 is 10.0 Å². The predicted molar refractivity (Wildman–Crippen MR) is 117 cm³/mol. The van der Waals surface area contributed by atoms with Crippen molar-refractivity contribution >= 4 is 17.6 Å². The molecule has 2 aromatic carbocycles. The fourth-order valence-electron chi connectivity index (χ4n) is 3.86. The van der Waals surface area contributed by atoms with Crippen LogP contribution in [0.1, 0.15) is 75.5 Å². The molecule has 0 unspecified atom stereocenters. The molecular weight excluding hydrogens is 366 g/mol. The Morgan fingerprint density at radius 2 is 1.79 bits per heavy atom. The lowest BCUT2D eigenvalue weighted by Gasteiger charge is -2.27. The lowest BCUT2D eigenvalue weighted by atomic mass is 9.79. The molecule has 0 atom stereocenters. The third kappa shape index (κ3) is 5.13. The van der Waals surface area contributed by atoms with Crippen LogP contribution >= 0.6 is 0 Å². The van der Waals surface area contributed by atoms with Crippen LogP contribution in [-0.4, -0.2) is 16.2 Å². The summed E-state index contributed by atoms with van der Waals surface area (Å²) in [4.78, 5) is 10.3. The van der Waals surface area contributed by atoms with Gasteiger partial charge in [-0.05, 0) is 47.9 Å². The van der Waals surface area contributed by atoms with E-state index in [1.807, 2.05) is 6.07 Å². The third-order valence-corrected chi connectivity index (χ3v) is 5.52. The number of nitrogens with one attached hydrogen (secondary N) is 1. The number of nitro benzene ring substituents is 1. The van der Waals surface area contributed by atoms with Crippen LogP contribution in [0.3, 0.4) is 0 Å². The number of hydrogen-bond acceptors (Lipinski definition) is 5. The van der Waals surface area contributed by atoms with Crippen LogP contribution < -0.4 is 5.43 Å². The smallest absolute Gasteiger partial charge is 0.269 e. The van der Waals surface area contributed by atoms with Gasteiger partial charge in [-0.2, -0.15) is 5.10 Å². The number of phenolic OH excluding ortho intramolecular Hbond substituents is 1. The maximum Gasteiger partial charge on any atom is 0.269 e. The third-order valence-electron chi connectivity index (χ3n) is 5.52. The number of hydrogen-bond donors (Lipinski definition) is 2. The van der Waals surface area contributed by atoms with Crippen molar-refractivity contribution in [2.45, 2.75) is 64.2 Å². The molecule has 0 bridgehead atoms. The Morgan fingerprint density at radius 3 is 2.38 bits per heavy atom. The van der Waals surface area contributed by atoms with Gasteiger partial charge in [0.2, 0.25) is 0 Å². The predicted octanol–water partition coefficient (Wildman–Crippen LogP) is 6.09. The zero-order chi connectivity index (χ0) is 21.0. The van der Waals surface area contributed by atoms with Crippen molar-refractivity contribution in [3.05, 3.63) is 63.2 Å². The Morgan fingerprint density at radius 1 is 1.14 bits per heavy atom. The second-order valence-corrected chi connectivity index (χ2v) is 8.77. The molecule has 0 amide bonds. The highest BCUT2D eigenvalue weighted by Gasteiger charge is 2.24. The molecule has 0 heterocycles. The molecule has 0 radical (unpaired) electrons. The molecule has 0 aliphatic heterocycles. The quantitative estimate of drug-likeness (QED) is 0.364. The van der Waals surface area contributed by atoms with Gasteiger partial charge < -0.3 is 5.11 Å². The molecule has 3 rings (SSSR count). The van der Waals surface area contributed by atoms with Crippen molar-refractivity contribution in [3.8, 4) is 5.75 Å². The molecule has 154 valence electrons. The number of non-ortho nitro benzene ring substituents is 1. The minimum absolute atomic E-state index is 0.0344. The number of rotatable bonds is 5. The second-order valence-electron chi connectivity index (χ2n) is 8.77. The summed E-state index contributed by atoms with van der Waals surface area (Å²) in [5.74, 6) is 0.784. The topological polar surface area (TPSA) is 87.8 Å². The first-order chi connectivity index (χ1) is 13.8. The zero-order valence-corrected chi connectivity index (χ0v) is 17.3. The van der Waals surface area contributed by atoms with Crippen molar-refractivity contribution in [1.29, 1.82) is 0 Å². The van der Waals surface area contributed by atoms with Crippen LogP contribution in [0.5, 0.6) is 5.75 Å². The van der Waals surface area contributed by atoms with Gasteiger partial charge in [-0.3, -0.25) is 15.5 Å². The summed E-state index contributed by atoms with van der Waals surface area (Å²) < 4.78 is 0. The van der Waals surface area contributed by atoms with Crippen molar-refractivity contribution in [2.75, 3.05) is 5.43 Å². The van der Waals surface area contributed by atoms with E-state index in [0.717, 1.165) is 5.56 Å². The van der Waals surface area contributed by atoms with E-state index in [2.05, 4.69) is 37.4 Å². The summed E-state index contributed by atoms with van der Waals surface area (Å²) >= 11 is 0. The number of benzene rings is 2. The highest BCUT2D eigenvalue weighted by atomic mass is 16.6. The molecule has 1 saturated carbocycles. The first-order valence-corrected chi connectivity index (χ1v) is 10.2. The minimum Gasteiger partial charge on any atom is -0.507 e. The molecule has 6 heteroatoms. The van der Waals surface area contributed by atoms with E-state index in [0.29, 0.717) is 17.2 Å². The normalized spacial score (nSPS) is 15.6. The molecule has 0 spiro atoms. The number of nitrogens with zero attached hydrogens (tertiary/aromatic N) is 2. The number of nitro groups is 1. The van der Waals surface area contributed by atoms with Crippen LogP contribution in [0.15, 0.2) is 41.5 Å². The van der Waals surface area contributed by atoms with E-state index >= 15 is 0 Å². The second kappa shape index (κ2) is 8.64. The fourth-order valence-corrected chi connectivity index (χ4v) is 3.86. The number of phenols is 1. The first kappa shape index (κ1) is 20.8. The molecule has 2 N–H and O–H groups in total. The minimum atomic E-state index is -0.435. The molecule has 1 aliphatic rings. The van der Waals surface area contributed by atoms with Gasteiger partial charge in [-0.1, -0.05) is 46.1 Å². The van der Waals surface area contributed by atoms with Gasteiger partial charge in [0.15, 0.2) is 0 Å². The number of anilines is 1. The van der Waals surface area contributed by atoms with Crippen LogP contribution in [0.4, 0.5) is 11.4 Å². The molecule has 6 nitrogen and oxygen atoms in total. The van der Waals surface area contributed by atoms with Gasteiger partial charge in [0, 0.05) is 23.3 Å². The van der Waals surface area contributed by atoms with E-state index in [9.17, 15) is 15.2 Å². The molecule has 1 fully saturated rings. The summed E-state index contributed by atoms with van der Waals surface area (Å²) in [6.07, 6.45) is 7.80. The molecule has 0 saturated heterocycles. The summed E-state index contributed by atoms with van der Waals surface area (Å²) in [6, 6.07) is 10.3. The van der Waals surface area contributed by atoms with Crippen LogP contribution in [0.25, 0.3) is 0 Å². The number of aromatic hydroxyl groups is 1. The lowest BCUT2D eigenvalue weighted by Crippen LogP contribution is -2.14. The van der Waals surface area contributed by atoms with Gasteiger partial charge in [-0.25, -0.2) is 0 Å². The molecule has 2 aromatic rings. The van der Waals surface area contributed by atoms with E-state index in [-0.39, 0.29) is 16.9 Å². The Bertz CT molecular complexity index is 893. The molecule has 29 heavy (non-hydrogen) atoms. The van der Waals surface area contributed by atoms with Gasteiger partial charge in [0.05, 0.1) is 16.8 Å². The largest absolute Gasteiger partial charge is 0.507 e. The van der Waals surface area contributed by atoms with Gasteiger partial charge in [-0.15, -0.1) is 0 Å². The van der Waals surface area contributed by atoms with Gasteiger partial charge in [0.25, 0.3) is 5.69 Å². The Hall–Kier alpha value is -2.89. The summed E-state index contributed by atoms with van der Waals surface area (Å²) in [6.45, 7) is 6.30. The summed E-state index contributed by atoms with van der Waals surface area (Å²) in [5.41, 5.74) is 6.26. The highest BCUT2D eigenvalue weighted by Crippen LogP contribution is 2.39. The van der Waals surface area contributed by atoms with Gasteiger partial charge >= 0.3 is 0 Å². The monoisotopic (exact) mass is 395 g/mol. The fraction of sp³-hybridized carbons (Fsp3) is 0.435. The van der Waals surface area contributed by atoms with Gasteiger partial charge in [0.1, 0.15) is 5.75 Å². The van der Waals surface area contributed by atoms with E-state index in [4.69, 9.17) is 0 Å². The molecule has 1 aliphatic carbocycles. The summed E-state index contributed by atoms with van der Waals surface area (Å²) in [5, 5.41) is 25.9. The standard InChI is InChI=1S/C23H29N3O3/c1-23(2,3)21-14-17(16-7-5-4-6-8-16)13-18(22(21)27)15-24-25-19-9-11-20(12-10-19)26(28)29/h9-16,25,27H,4-8H2,1-3H3/b24-15+. The van der Waals surface area contributed by atoms with Crippen LogP contribution in [-0.2, 0) is 5.41 Å². The van der Waals surface area contributed by atoms with E-state index < -0.39 is 4.92 Å². The maximum atomic E-state index is 10.8. The molecule has 0 aromatic heterocycles. The van der Waals surface area contributed by atoms with Crippen LogP contribution in [0, 0.1) is 10.1 Å². The van der Waals surface area contributed by atoms with Crippen molar-refractivity contribution in [2.24, 2.45) is 5.10 Å². The maximum absolute atomic E-state index is 10.8. The Labute approximate surface area is 171 Å². The SMILES string of the molecule is CC(C)(C)c1cc(C2CCCCC2)cc(/C=N/Nc2ccc([N+](=O)[O-])cc2)c1O. The highest BCUT2D eigenvalue weighted by molar-refractivity contribution is 5.85. The first-order valence-electron chi connectivity index (χ1n) is 10.2. The average Bonchev–Trinajstić information content (AvgIpc) is 2.69. The number of hydrazone groups is 1. The van der Waals surface area contributed by atoms with Crippen molar-refractivity contribution in [1.82, 2.24) is 0 Å². The van der Waals surface area contributed by atoms with E-state index in [1.54, 1.807) is 18.3 Å².